The van der Waals surface area contributed by atoms with E-state index in [1.54, 1.807) is 23.9 Å². The maximum absolute atomic E-state index is 12.1. The third-order valence-electron chi connectivity index (χ3n) is 2.86. The van der Waals surface area contributed by atoms with Crippen LogP contribution in [0.1, 0.15) is 25.8 Å². The molecule has 0 saturated carbocycles. The van der Waals surface area contributed by atoms with Gasteiger partial charge >= 0.3 is 0 Å². The number of thioether (sulfide) groups is 1. The van der Waals surface area contributed by atoms with Gasteiger partial charge in [0, 0.05) is 18.9 Å². The third-order valence-corrected chi connectivity index (χ3v) is 5.41. The Kier molecular flexibility index (Phi) is 8.33. The summed E-state index contributed by atoms with van der Waals surface area (Å²) in [5.74, 6) is 2.12. The van der Waals surface area contributed by atoms with Crippen molar-refractivity contribution in [2.45, 2.75) is 31.6 Å². The first kappa shape index (κ1) is 18.5. The van der Waals surface area contributed by atoms with Crippen LogP contribution >= 0.6 is 11.8 Å². The van der Waals surface area contributed by atoms with Crippen molar-refractivity contribution in [3.63, 3.8) is 0 Å². The van der Waals surface area contributed by atoms with E-state index in [-0.39, 0.29) is 6.61 Å². The van der Waals surface area contributed by atoms with Gasteiger partial charge in [-0.2, -0.15) is 11.8 Å². The van der Waals surface area contributed by atoms with Crippen LogP contribution in [-0.2, 0) is 16.4 Å². The van der Waals surface area contributed by atoms with Crippen molar-refractivity contribution in [2.24, 2.45) is 5.92 Å². The van der Waals surface area contributed by atoms with Crippen LogP contribution in [0.4, 0.5) is 0 Å². The summed E-state index contributed by atoms with van der Waals surface area (Å²) in [4.78, 5) is 0.315. The summed E-state index contributed by atoms with van der Waals surface area (Å²) in [5.41, 5.74) is 1.16. The summed E-state index contributed by atoms with van der Waals surface area (Å²) in [6.07, 6.45) is 1.70. The van der Waals surface area contributed by atoms with E-state index < -0.39 is 10.0 Å². The zero-order valence-electron chi connectivity index (χ0n) is 12.7. The van der Waals surface area contributed by atoms with Crippen molar-refractivity contribution in [3.8, 4) is 0 Å². The Morgan fingerprint density at radius 2 is 1.86 bits per heavy atom. The van der Waals surface area contributed by atoms with Crippen molar-refractivity contribution < 1.29 is 13.5 Å². The molecule has 0 radical (unpaired) electrons. The average molecular weight is 332 g/mol. The number of nitrogens with one attached hydrogen (secondary N) is 1. The lowest BCUT2D eigenvalue weighted by Gasteiger charge is -2.08. The van der Waals surface area contributed by atoms with Gasteiger partial charge in [0.2, 0.25) is 10.0 Å². The molecule has 1 aromatic carbocycles. The molecule has 0 aliphatic carbocycles. The molecule has 0 saturated heterocycles. The normalized spacial score (nSPS) is 12.0. The fourth-order valence-electron chi connectivity index (χ4n) is 1.88. The Morgan fingerprint density at radius 1 is 1.19 bits per heavy atom. The largest absolute Gasteiger partial charge is 0.396 e. The van der Waals surface area contributed by atoms with Crippen molar-refractivity contribution >= 4 is 21.8 Å². The molecule has 1 aromatic rings. The zero-order valence-corrected chi connectivity index (χ0v) is 14.3. The third kappa shape index (κ3) is 7.31. The number of aliphatic hydroxyl groups excluding tert-OH is 1. The van der Waals surface area contributed by atoms with Gasteiger partial charge in [-0.3, -0.25) is 0 Å². The van der Waals surface area contributed by atoms with Gasteiger partial charge in [0.15, 0.2) is 0 Å². The molecule has 0 spiro atoms. The molecule has 0 aliphatic heterocycles. The Balaban J connectivity index is 2.46. The topological polar surface area (TPSA) is 66.4 Å². The summed E-state index contributed by atoms with van der Waals surface area (Å²) in [6.45, 7) is 4.87. The molecule has 0 heterocycles. The average Bonchev–Trinajstić information content (AvgIpc) is 2.42. The molecule has 120 valence electrons. The van der Waals surface area contributed by atoms with E-state index in [0.717, 1.165) is 24.2 Å². The number of hydrogen-bond donors (Lipinski definition) is 2. The Hall–Kier alpha value is -0.560. The van der Waals surface area contributed by atoms with E-state index in [4.69, 9.17) is 5.11 Å². The summed E-state index contributed by atoms with van der Waals surface area (Å²) >= 11 is 1.64. The molecule has 0 atom stereocenters. The minimum atomic E-state index is -3.41. The molecule has 0 bridgehead atoms. The van der Waals surface area contributed by atoms with Gasteiger partial charge in [-0.15, -0.1) is 0 Å². The van der Waals surface area contributed by atoms with Gasteiger partial charge in [-0.25, -0.2) is 13.1 Å². The molecule has 0 amide bonds. The van der Waals surface area contributed by atoms with Crippen LogP contribution < -0.4 is 4.72 Å². The Labute approximate surface area is 132 Å². The number of hydrogen-bond acceptors (Lipinski definition) is 4. The van der Waals surface area contributed by atoms with Crippen molar-refractivity contribution in [3.05, 3.63) is 29.8 Å². The smallest absolute Gasteiger partial charge is 0.240 e. The molecular formula is C15H25NO3S2. The van der Waals surface area contributed by atoms with Gasteiger partial charge in [0.25, 0.3) is 0 Å². The predicted molar refractivity (Wildman–Crippen MR) is 89.2 cm³/mol. The van der Waals surface area contributed by atoms with E-state index in [9.17, 15) is 8.42 Å². The van der Waals surface area contributed by atoms with E-state index in [0.29, 0.717) is 23.1 Å². The van der Waals surface area contributed by atoms with Crippen LogP contribution in [0.5, 0.6) is 0 Å². The van der Waals surface area contributed by atoms with Crippen LogP contribution in [0.25, 0.3) is 0 Å². The number of aliphatic hydroxyl groups is 1. The second-order valence-electron chi connectivity index (χ2n) is 5.33. The van der Waals surface area contributed by atoms with Crippen molar-refractivity contribution in [1.82, 2.24) is 4.72 Å². The summed E-state index contributed by atoms with van der Waals surface area (Å²) in [7, 11) is -3.41. The van der Waals surface area contributed by atoms with Crippen LogP contribution in [0.15, 0.2) is 29.2 Å². The summed E-state index contributed by atoms with van der Waals surface area (Å²) in [5, 5.41) is 8.65. The maximum atomic E-state index is 12.1. The minimum absolute atomic E-state index is 0.182. The van der Waals surface area contributed by atoms with E-state index in [2.05, 4.69) is 18.6 Å². The van der Waals surface area contributed by atoms with E-state index in [1.165, 1.54) is 0 Å². The quantitative estimate of drug-likeness (QED) is 0.646. The standard InChI is InChI=1S/C15H25NO3S2/c1-13(2)12-14-4-6-15(7-5-14)21(18,19)16-8-11-20-10-3-9-17/h4-7,13,16-17H,3,8-12H2,1-2H3. The second-order valence-corrected chi connectivity index (χ2v) is 8.32. The van der Waals surface area contributed by atoms with E-state index >= 15 is 0 Å². The lowest BCUT2D eigenvalue weighted by Crippen LogP contribution is -2.26. The Bertz CT molecular complexity index is 498. The lowest BCUT2D eigenvalue weighted by atomic mass is 10.0. The van der Waals surface area contributed by atoms with Crippen LogP contribution in [0.2, 0.25) is 0 Å². The van der Waals surface area contributed by atoms with E-state index in [1.807, 2.05) is 12.1 Å². The Morgan fingerprint density at radius 3 is 2.43 bits per heavy atom. The SMILES string of the molecule is CC(C)Cc1ccc(S(=O)(=O)NCCSCCCO)cc1. The van der Waals surface area contributed by atoms with Gasteiger partial charge < -0.3 is 5.11 Å². The first-order valence-corrected chi connectivity index (χ1v) is 9.86. The van der Waals surface area contributed by atoms with Gasteiger partial charge in [0.1, 0.15) is 0 Å². The molecule has 4 nitrogen and oxygen atoms in total. The fourth-order valence-corrected chi connectivity index (χ4v) is 3.82. The minimum Gasteiger partial charge on any atom is -0.396 e. The molecule has 2 N–H and O–H groups in total. The second kappa shape index (κ2) is 9.46. The number of sulfonamides is 1. The first-order chi connectivity index (χ1) is 9.95. The molecule has 6 heteroatoms. The monoisotopic (exact) mass is 331 g/mol. The number of benzene rings is 1. The van der Waals surface area contributed by atoms with Crippen molar-refractivity contribution in [1.29, 1.82) is 0 Å². The molecule has 21 heavy (non-hydrogen) atoms. The van der Waals surface area contributed by atoms with Crippen LogP contribution in [-0.4, -0.2) is 38.2 Å². The van der Waals surface area contributed by atoms with Gasteiger partial charge in [-0.05, 0) is 42.2 Å². The molecule has 1 rings (SSSR count). The van der Waals surface area contributed by atoms with Crippen molar-refractivity contribution in [2.75, 3.05) is 24.7 Å². The van der Waals surface area contributed by atoms with Crippen LogP contribution in [0.3, 0.4) is 0 Å². The molecule has 0 aliphatic rings. The van der Waals surface area contributed by atoms with Gasteiger partial charge in [0.05, 0.1) is 4.90 Å². The molecule has 0 aromatic heterocycles. The predicted octanol–water partition coefficient (Wildman–Crippen LogP) is 2.28. The molecule has 0 unspecified atom stereocenters. The maximum Gasteiger partial charge on any atom is 0.240 e. The fraction of sp³-hybridized carbons (Fsp3) is 0.600. The highest BCUT2D eigenvalue weighted by molar-refractivity contribution is 7.99. The number of rotatable bonds is 10. The molecular weight excluding hydrogens is 306 g/mol. The lowest BCUT2D eigenvalue weighted by molar-refractivity contribution is 0.296. The summed E-state index contributed by atoms with van der Waals surface area (Å²) in [6, 6.07) is 7.09. The highest BCUT2D eigenvalue weighted by Gasteiger charge is 2.13. The van der Waals surface area contributed by atoms with Crippen LogP contribution in [0, 0.1) is 5.92 Å². The highest BCUT2D eigenvalue weighted by Crippen LogP contribution is 2.13. The molecule has 0 fully saturated rings. The highest BCUT2D eigenvalue weighted by atomic mass is 32.2. The zero-order chi connectivity index (χ0) is 15.7. The summed E-state index contributed by atoms with van der Waals surface area (Å²) < 4.78 is 26.8. The van der Waals surface area contributed by atoms with Gasteiger partial charge in [-0.1, -0.05) is 26.0 Å². The first-order valence-electron chi connectivity index (χ1n) is 7.23.